The number of carbonyl (C=O) groups is 1. The molecule has 34 heavy (non-hydrogen) atoms. The maximum Gasteiger partial charge on any atom is 0.251 e. The van der Waals surface area contributed by atoms with E-state index in [2.05, 4.69) is 20.1 Å². The number of pyridine rings is 1. The molecule has 0 bridgehead atoms. The molecule has 2 heterocycles. The highest BCUT2D eigenvalue weighted by Gasteiger charge is 2.38. The van der Waals surface area contributed by atoms with Crippen molar-refractivity contribution in [1.29, 1.82) is 0 Å². The van der Waals surface area contributed by atoms with E-state index in [0.717, 1.165) is 56.2 Å². The minimum absolute atomic E-state index is 0.00904. The van der Waals surface area contributed by atoms with Crippen molar-refractivity contribution < 1.29 is 4.79 Å². The SMILES string of the molecule is O=C(NCC1CC1CN1CCN(c2cccc(Cl)c2Cl)CC1)c1ccc(-c2ccccn2)cc1. The summed E-state index contributed by atoms with van der Waals surface area (Å²) in [4.78, 5) is 21.8. The lowest BCUT2D eigenvalue weighted by molar-refractivity contribution is 0.0951. The van der Waals surface area contributed by atoms with Crippen LogP contribution in [-0.4, -0.2) is 55.1 Å². The second-order valence-corrected chi connectivity index (χ2v) is 9.90. The van der Waals surface area contributed by atoms with E-state index in [4.69, 9.17) is 23.2 Å². The van der Waals surface area contributed by atoms with Crippen LogP contribution in [0, 0.1) is 11.8 Å². The van der Waals surface area contributed by atoms with E-state index in [-0.39, 0.29) is 5.91 Å². The summed E-state index contributed by atoms with van der Waals surface area (Å²) >= 11 is 12.6. The van der Waals surface area contributed by atoms with Gasteiger partial charge in [0, 0.05) is 56.6 Å². The van der Waals surface area contributed by atoms with Gasteiger partial charge >= 0.3 is 0 Å². The fraction of sp³-hybridized carbons (Fsp3) is 0.333. The molecular formula is C27H28Cl2N4O. The van der Waals surface area contributed by atoms with Crippen LogP contribution in [0.1, 0.15) is 16.8 Å². The van der Waals surface area contributed by atoms with Crippen LogP contribution in [0.4, 0.5) is 5.69 Å². The maximum absolute atomic E-state index is 12.6. The Balaban J connectivity index is 1.05. The summed E-state index contributed by atoms with van der Waals surface area (Å²) in [7, 11) is 0. The predicted molar refractivity (Wildman–Crippen MR) is 139 cm³/mol. The first kappa shape index (κ1) is 23.2. The summed E-state index contributed by atoms with van der Waals surface area (Å²) < 4.78 is 0. The van der Waals surface area contributed by atoms with Gasteiger partial charge in [0.25, 0.3) is 5.91 Å². The molecule has 1 aromatic heterocycles. The van der Waals surface area contributed by atoms with Crippen LogP contribution in [-0.2, 0) is 0 Å². The van der Waals surface area contributed by atoms with Crippen LogP contribution in [0.3, 0.4) is 0 Å². The van der Waals surface area contributed by atoms with Crippen LogP contribution < -0.4 is 10.2 Å². The molecule has 1 N–H and O–H groups in total. The lowest BCUT2D eigenvalue weighted by Gasteiger charge is -2.36. The summed E-state index contributed by atoms with van der Waals surface area (Å²) in [5.41, 5.74) is 3.63. The Kier molecular flexibility index (Phi) is 7.05. The summed E-state index contributed by atoms with van der Waals surface area (Å²) in [6, 6.07) is 19.3. The van der Waals surface area contributed by atoms with Gasteiger partial charge in [-0.05, 0) is 54.7 Å². The van der Waals surface area contributed by atoms with Gasteiger partial charge in [0.15, 0.2) is 0 Å². The van der Waals surface area contributed by atoms with E-state index in [1.165, 1.54) is 6.42 Å². The first-order valence-electron chi connectivity index (χ1n) is 11.8. The average molecular weight is 495 g/mol. The molecule has 5 rings (SSSR count). The quantitative estimate of drug-likeness (QED) is 0.487. The number of piperazine rings is 1. The van der Waals surface area contributed by atoms with Gasteiger partial charge in [0.1, 0.15) is 0 Å². The van der Waals surface area contributed by atoms with Gasteiger partial charge in [0.05, 0.1) is 21.4 Å². The number of hydrogen-bond donors (Lipinski definition) is 1. The van der Waals surface area contributed by atoms with E-state index in [0.29, 0.717) is 27.4 Å². The van der Waals surface area contributed by atoms with Gasteiger partial charge in [-0.1, -0.05) is 47.5 Å². The molecule has 3 aromatic rings. The van der Waals surface area contributed by atoms with Crippen molar-refractivity contribution >= 4 is 34.8 Å². The fourth-order valence-electron chi connectivity index (χ4n) is 4.68. The van der Waals surface area contributed by atoms with Gasteiger partial charge in [-0.3, -0.25) is 14.7 Å². The Hall–Kier alpha value is -2.60. The average Bonchev–Trinajstić information content (AvgIpc) is 3.63. The maximum atomic E-state index is 12.6. The van der Waals surface area contributed by atoms with Gasteiger partial charge in [-0.25, -0.2) is 0 Å². The molecule has 5 nitrogen and oxygen atoms in total. The molecule has 1 amide bonds. The van der Waals surface area contributed by atoms with Crippen molar-refractivity contribution in [3.8, 4) is 11.3 Å². The van der Waals surface area contributed by atoms with Crippen molar-refractivity contribution in [3.63, 3.8) is 0 Å². The normalized spacial score (nSPS) is 20.2. The zero-order valence-electron chi connectivity index (χ0n) is 19.0. The first-order valence-corrected chi connectivity index (χ1v) is 12.5. The third kappa shape index (κ3) is 5.38. The first-order chi connectivity index (χ1) is 16.6. The largest absolute Gasteiger partial charge is 0.368 e. The van der Waals surface area contributed by atoms with E-state index < -0.39 is 0 Å². The molecular weight excluding hydrogens is 467 g/mol. The van der Waals surface area contributed by atoms with Crippen molar-refractivity contribution in [3.05, 3.63) is 82.5 Å². The van der Waals surface area contributed by atoms with E-state index in [1.54, 1.807) is 6.20 Å². The predicted octanol–water partition coefficient (Wildman–Crippen LogP) is 5.24. The van der Waals surface area contributed by atoms with Gasteiger partial charge in [-0.2, -0.15) is 0 Å². The molecule has 7 heteroatoms. The van der Waals surface area contributed by atoms with Crippen LogP contribution in [0.5, 0.6) is 0 Å². The number of nitrogens with one attached hydrogen (secondary N) is 1. The number of hydrogen-bond acceptors (Lipinski definition) is 4. The highest BCUT2D eigenvalue weighted by molar-refractivity contribution is 6.43. The highest BCUT2D eigenvalue weighted by Crippen LogP contribution is 2.39. The highest BCUT2D eigenvalue weighted by atomic mass is 35.5. The standard InChI is InChI=1S/C27H28Cl2N4O/c28-23-4-3-6-25(26(23)29)33-14-12-32(13-15-33)18-22-16-21(22)17-31-27(34)20-9-7-19(8-10-20)24-5-1-2-11-30-24/h1-11,21-22H,12-18H2,(H,31,34). The molecule has 2 aliphatic rings. The van der Waals surface area contributed by atoms with E-state index >= 15 is 0 Å². The number of carbonyl (C=O) groups excluding carboxylic acids is 1. The second kappa shape index (κ2) is 10.3. The minimum atomic E-state index is -0.00904. The Morgan fingerprint density at radius 2 is 1.74 bits per heavy atom. The number of aromatic nitrogens is 1. The van der Waals surface area contributed by atoms with Gasteiger partial charge in [0.2, 0.25) is 0 Å². The van der Waals surface area contributed by atoms with Gasteiger partial charge in [-0.15, -0.1) is 0 Å². The van der Waals surface area contributed by atoms with Crippen LogP contribution >= 0.6 is 23.2 Å². The monoisotopic (exact) mass is 494 g/mol. The minimum Gasteiger partial charge on any atom is -0.368 e. The fourth-order valence-corrected chi connectivity index (χ4v) is 5.09. The summed E-state index contributed by atoms with van der Waals surface area (Å²) in [5.74, 6) is 1.22. The number of halogens is 2. The molecule has 0 spiro atoms. The van der Waals surface area contributed by atoms with Crippen molar-refractivity contribution in [2.24, 2.45) is 11.8 Å². The molecule has 1 aliphatic heterocycles. The summed E-state index contributed by atoms with van der Waals surface area (Å²) in [5, 5.41) is 4.36. The van der Waals surface area contributed by atoms with Crippen molar-refractivity contribution in [2.75, 3.05) is 44.2 Å². The molecule has 2 atom stereocenters. The number of anilines is 1. The lowest BCUT2D eigenvalue weighted by atomic mass is 10.1. The number of rotatable bonds is 7. The van der Waals surface area contributed by atoms with Crippen molar-refractivity contribution in [2.45, 2.75) is 6.42 Å². The summed E-state index contributed by atoms with van der Waals surface area (Å²) in [6.07, 6.45) is 2.95. The molecule has 176 valence electrons. The van der Waals surface area contributed by atoms with Crippen molar-refractivity contribution in [1.82, 2.24) is 15.2 Å². The molecule has 1 saturated heterocycles. The summed E-state index contributed by atoms with van der Waals surface area (Å²) in [6.45, 7) is 5.76. The number of amides is 1. The molecule has 2 unspecified atom stereocenters. The Morgan fingerprint density at radius 1 is 0.941 bits per heavy atom. The topological polar surface area (TPSA) is 48.5 Å². The second-order valence-electron chi connectivity index (χ2n) is 9.12. The third-order valence-corrected chi connectivity index (χ3v) is 7.65. The smallest absolute Gasteiger partial charge is 0.251 e. The number of nitrogens with zero attached hydrogens (tertiary/aromatic N) is 3. The van der Waals surface area contributed by atoms with Crippen LogP contribution in [0.15, 0.2) is 66.9 Å². The van der Waals surface area contributed by atoms with E-state index in [1.807, 2.05) is 60.7 Å². The zero-order chi connectivity index (χ0) is 23.5. The van der Waals surface area contributed by atoms with Crippen LogP contribution in [0.2, 0.25) is 10.0 Å². The van der Waals surface area contributed by atoms with Gasteiger partial charge < -0.3 is 10.2 Å². The Morgan fingerprint density at radius 3 is 2.47 bits per heavy atom. The molecule has 0 radical (unpaired) electrons. The number of benzene rings is 2. The molecule has 2 fully saturated rings. The zero-order valence-corrected chi connectivity index (χ0v) is 20.5. The van der Waals surface area contributed by atoms with Crippen LogP contribution in [0.25, 0.3) is 11.3 Å². The molecule has 2 aromatic carbocycles. The van der Waals surface area contributed by atoms with E-state index in [9.17, 15) is 4.79 Å². The Labute approximate surface area is 210 Å². The third-order valence-electron chi connectivity index (χ3n) is 6.84. The lowest BCUT2D eigenvalue weighted by Crippen LogP contribution is -2.47. The molecule has 1 saturated carbocycles. The molecule has 1 aliphatic carbocycles. The Bertz CT molecular complexity index is 1130.